The van der Waals surface area contributed by atoms with Gasteiger partial charge in [-0.15, -0.1) is 0 Å². The highest BCUT2D eigenvalue weighted by Gasteiger charge is 2.12. The van der Waals surface area contributed by atoms with Crippen molar-refractivity contribution >= 4 is 29.3 Å². The van der Waals surface area contributed by atoms with Gasteiger partial charge in [0.1, 0.15) is 28.9 Å². The quantitative estimate of drug-likeness (QED) is 0.491. The number of furan rings is 1. The average molecular weight is 379 g/mol. The van der Waals surface area contributed by atoms with Gasteiger partial charge in [-0.25, -0.2) is 0 Å². The molecule has 6 heteroatoms. The van der Waals surface area contributed by atoms with Crippen molar-refractivity contribution < 1.29 is 13.9 Å². The van der Waals surface area contributed by atoms with Crippen LogP contribution in [0.5, 0.6) is 5.75 Å². The minimum absolute atomic E-state index is 0.0853. The van der Waals surface area contributed by atoms with Crippen LogP contribution in [0.25, 0.3) is 17.4 Å². The topological polar surface area (TPSA) is 75.3 Å². The molecule has 0 aliphatic rings. The molecule has 3 aromatic rings. The van der Waals surface area contributed by atoms with Gasteiger partial charge in [0.05, 0.1) is 12.1 Å². The van der Waals surface area contributed by atoms with Gasteiger partial charge in [0, 0.05) is 23.4 Å². The fourth-order valence-corrected chi connectivity index (χ4v) is 2.66. The normalized spacial score (nSPS) is 10.9. The largest absolute Gasteiger partial charge is 0.497 e. The van der Waals surface area contributed by atoms with Crippen molar-refractivity contribution in [1.29, 1.82) is 5.26 Å². The molecule has 0 bridgehead atoms. The molecule has 0 atom stereocenters. The molecule has 0 aliphatic heterocycles. The molecule has 0 saturated carbocycles. The van der Waals surface area contributed by atoms with Crippen LogP contribution in [0, 0.1) is 11.3 Å². The van der Waals surface area contributed by atoms with Gasteiger partial charge in [0.15, 0.2) is 0 Å². The second-order valence-electron chi connectivity index (χ2n) is 5.54. The molecule has 1 heterocycles. The smallest absolute Gasteiger partial charge is 0.266 e. The summed E-state index contributed by atoms with van der Waals surface area (Å²) in [6, 6.07) is 19.4. The number of carbonyl (C=O) groups excluding carboxylic acids is 1. The maximum absolute atomic E-state index is 12.4. The molecule has 0 saturated heterocycles. The molecule has 0 fully saturated rings. The van der Waals surface area contributed by atoms with Crippen molar-refractivity contribution in [2.24, 2.45) is 0 Å². The Morgan fingerprint density at radius 2 is 2.00 bits per heavy atom. The number of amides is 1. The van der Waals surface area contributed by atoms with E-state index in [0.29, 0.717) is 28.0 Å². The molecule has 1 aromatic heterocycles. The molecule has 134 valence electrons. The highest BCUT2D eigenvalue weighted by Crippen LogP contribution is 2.29. The third-order valence-electron chi connectivity index (χ3n) is 3.75. The Labute approximate surface area is 161 Å². The first-order chi connectivity index (χ1) is 13.1. The number of benzene rings is 2. The van der Waals surface area contributed by atoms with E-state index in [9.17, 15) is 10.1 Å². The molecule has 1 amide bonds. The third kappa shape index (κ3) is 4.38. The molecule has 27 heavy (non-hydrogen) atoms. The lowest BCUT2D eigenvalue weighted by Gasteiger charge is -2.06. The lowest BCUT2D eigenvalue weighted by atomic mass is 10.2. The molecule has 5 nitrogen and oxygen atoms in total. The molecule has 0 radical (unpaired) electrons. The van der Waals surface area contributed by atoms with E-state index in [0.717, 1.165) is 5.56 Å². The van der Waals surface area contributed by atoms with Gasteiger partial charge in [-0.3, -0.25) is 4.79 Å². The summed E-state index contributed by atoms with van der Waals surface area (Å²) in [5.41, 5.74) is 1.17. The van der Waals surface area contributed by atoms with Crippen molar-refractivity contribution in [3.05, 3.63) is 77.0 Å². The summed E-state index contributed by atoms with van der Waals surface area (Å²) in [6.45, 7) is 0. The van der Waals surface area contributed by atoms with Crippen LogP contribution in [-0.2, 0) is 4.79 Å². The number of methoxy groups -OCH3 is 1. The number of rotatable bonds is 5. The van der Waals surface area contributed by atoms with Crippen molar-refractivity contribution in [3.63, 3.8) is 0 Å². The number of ether oxygens (including phenoxy) is 1. The van der Waals surface area contributed by atoms with Crippen LogP contribution in [0.3, 0.4) is 0 Å². The summed E-state index contributed by atoms with van der Waals surface area (Å²) < 4.78 is 10.8. The first-order valence-electron chi connectivity index (χ1n) is 8.02. The molecule has 0 spiro atoms. The maximum atomic E-state index is 12.4. The molecule has 2 aromatic carbocycles. The van der Waals surface area contributed by atoms with E-state index >= 15 is 0 Å². The number of anilines is 1. The van der Waals surface area contributed by atoms with E-state index in [4.69, 9.17) is 20.8 Å². The van der Waals surface area contributed by atoms with Gasteiger partial charge in [-0.2, -0.15) is 5.26 Å². The van der Waals surface area contributed by atoms with Gasteiger partial charge in [0.25, 0.3) is 5.91 Å². The zero-order chi connectivity index (χ0) is 19.2. The van der Waals surface area contributed by atoms with Crippen LogP contribution in [0.15, 0.2) is 70.7 Å². The SMILES string of the molecule is COc1cccc(NC(=O)/C(C#N)=C/c2ccc(-c3ccccc3Cl)o2)c1. The van der Waals surface area contributed by atoms with Crippen molar-refractivity contribution in [1.82, 2.24) is 0 Å². The number of nitriles is 1. The maximum Gasteiger partial charge on any atom is 0.266 e. The van der Waals surface area contributed by atoms with Gasteiger partial charge < -0.3 is 14.5 Å². The number of hydrogen-bond donors (Lipinski definition) is 1. The van der Waals surface area contributed by atoms with Gasteiger partial charge in [-0.1, -0.05) is 29.8 Å². The minimum Gasteiger partial charge on any atom is -0.497 e. The third-order valence-corrected chi connectivity index (χ3v) is 4.07. The zero-order valence-electron chi connectivity index (χ0n) is 14.4. The monoisotopic (exact) mass is 378 g/mol. The highest BCUT2D eigenvalue weighted by molar-refractivity contribution is 6.33. The zero-order valence-corrected chi connectivity index (χ0v) is 15.2. The Balaban J connectivity index is 1.81. The van der Waals surface area contributed by atoms with E-state index < -0.39 is 5.91 Å². The Morgan fingerprint density at radius 3 is 2.74 bits per heavy atom. The summed E-state index contributed by atoms with van der Waals surface area (Å²) in [5.74, 6) is 0.992. The number of hydrogen-bond acceptors (Lipinski definition) is 4. The number of nitrogens with one attached hydrogen (secondary N) is 1. The van der Waals surface area contributed by atoms with Crippen molar-refractivity contribution in [2.75, 3.05) is 12.4 Å². The van der Waals surface area contributed by atoms with E-state index in [2.05, 4.69) is 5.32 Å². The molecule has 0 aliphatic carbocycles. The van der Waals surface area contributed by atoms with Crippen LogP contribution in [0.1, 0.15) is 5.76 Å². The van der Waals surface area contributed by atoms with E-state index in [-0.39, 0.29) is 5.57 Å². The second kappa shape index (κ2) is 8.26. The standard InChI is InChI=1S/C21H15ClN2O3/c1-26-16-6-4-5-15(12-16)24-21(25)14(13-23)11-17-9-10-20(27-17)18-7-2-3-8-19(18)22/h2-12H,1H3,(H,24,25)/b14-11+. The van der Waals surface area contributed by atoms with Gasteiger partial charge in [0.2, 0.25) is 0 Å². The summed E-state index contributed by atoms with van der Waals surface area (Å²) in [4.78, 5) is 12.4. The first kappa shape index (κ1) is 18.3. The summed E-state index contributed by atoms with van der Waals surface area (Å²) >= 11 is 6.16. The lowest BCUT2D eigenvalue weighted by Crippen LogP contribution is -2.13. The molecule has 3 rings (SSSR count). The lowest BCUT2D eigenvalue weighted by molar-refractivity contribution is -0.112. The predicted octanol–water partition coefficient (Wildman–Crippen LogP) is 5.15. The Morgan fingerprint density at radius 1 is 1.19 bits per heavy atom. The van der Waals surface area contributed by atoms with E-state index in [1.807, 2.05) is 24.3 Å². The van der Waals surface area contributed by atoms with E-state index in [1.54, 1.807) is 42.5 Å². The van der Waals surface area contributed by atoms with Gasteiger partial charge in [-0.05, 0) is 36.4 Å². The Hall–Kier alpha value is -3.49. The molecule has 0 unspecified atom stereocenters. The second-order valence-corrected chi connectivity index (χ2v) is 5.94. The van der Waals surface area contributed by atoms with E-state index in [1.165, 1.54) is 13.2 Å². The van der Waals surface area contributed by atoms with Crippen LogP contribution < -0.4 is 10.1 Å². The summed E-state index contributed by atoms with van der Waals surface area (Å²) in [6.07, 6.45) is 1.38. The summed E-state index contributed by atoms with van der Waals surface area (Å²) in [5, 5.41) is 12.6. The highest BCUT2D eigenvalue weighted by atomic mass is 35.5. The van der Waals surface area contributed by atoms with Gasteiger partial charge >= 0.3 is 0 Å². The van der Waals surface area contributed by atoms with Crippen LogP contribution in [0.4, 0.5) is 5.69 Å². The number of nitrogens with zero attached hydrogens (tertiary/aromatic N) is 1. The number of halogens is 1. The van der Waals surface area contributed by atoms with Crippen LogP contribution >= 0.6 is 11.6 Å². The van der Waals surface area contributed by atoms with Crippen LogP contribution in [0.2, 0.25) is 5.02 Å². The number of carbonyl (C=O) groups is 1. The molecular formula is C21H15ClN2O3. The minimum atomic E-state index is -0.540. The fourth-order valence-electron chi connectivity index (χ4n) is 2.43. The fraction of sp³-hybridized carbons (Fsp3) is 0.0476. The first-order valence-corrected chi connectivity index (χ1v) is 8.40. The predicted molar refractivity (Wildman–Crippen MR) is 104 cm³/mol. The average Bonchev–Trinajstić information content (AvgIpc) is 3.15. The Bertz CT molecular complexity index is 1050. The molecular weight excluding hydrogens is 364 g/mol. The Kier molecular flexibility index (Phi) is 5.60. The summed E-state index contributed by atoms with van der Waals surface area (Å²) in [7, 11) is 1.54. The van der Waals surface area contributed by atoms with Crippen LogP contribution in [-0.4, -0.2) is 13.0 Å². The molecule has 1 N–H and O–H groups in total. The van der Waals surface area contributed by atoms with Crippen molar-refractivity contribution in [2.45, 2.75) is 0 Å². The van der Waals surface area contributed by atoms with Crippen molar-refractivity contribution in [3.8, 4) is 23.1 Å².